The molecule has 0 saturated carbocycles. The molecule has 11 heavy (non-hydrogen) atoms. The van der Waals surface area contributed by atoms with E-state index in [4.69, 9.17) is 6.42 Å². The Labute approximate surface area is 67.9 Å². The van der Waals surface area contributed by atoms with Crippen LogP contribution in [0.1, 0.15) is 32.1 Å². The Morgan fingerprint density at radius 3 is 2.73 bits per heavy atom. The maximum absolute atomic E-state index is 10.6. The maximum atomic E-state index is 10.6. The number of carbonyl (C=O) groups excluding carboxylic acids is 1. The Hall–Kier alpha value is -0.970. The highest BCUT2D eigenvalue weighted by atomic mass is 16.5. The molecule has 0 aromatic heterocycles. The molecule has 0 aliphatic rings. The lowest BCUT2D eigenvalue weighted by atomic mass is 10.1. The van der Waals surface area contributed by atoms with Gasteiger partial charge in [0, 0.05) is 12.8 Å². The summed E-state index contributed by atoms with van der Waals surface area (Å²) in [5, 5.41) is 0. The molecule has 0 saturated heterocycles. The van der Waals surface area contributed by atoms with Crippen LogP contribution < -0.4 is 0 Å². The Morgan fingerprint density at radius 1 is 1.45 bits per heavy atom. The SMILES string of the molecule is [C]#CCCCCCC(=O)OC. The van der Waals surface area contributed by atoms with Crippen molar-refractivity contribution in [3.63, 3.8) is 0 Å². The largest absolute Gasteiger partial charge is 0.469 e. The summed E-state index contributed by atoms with van der Waals surface area (Å²) >= 11 is 0. The fraction of sp³-hybridized carbons (Fsp3) is 0.667. The molecule has 0 amide bonds. The van der Waals surface area contributed by atoms with Gasteiger partial charge in [-0.25, -0.2) is 0 Å². The number of esters is 1. The number of hydrogen-bond acceptors (Lipinski definition) is 2. The summed E-state index contributed by atoms with van der Waals surface area (Å²) in [5.74, 6) is 2.15. The summed E-state index contributed by atoms with van der Waals surface area (Å²) in [6.45, 7) is 0. The first-order valence-electron chi connectivity index (χ1n) is 3.77. The lowest BCUT2D eigenvalue weighted by molar-refractivity contribution is -0.140. The zero-order chi connectivity index (χ0) is 8.53. The van der Waals surface area contributed by atoms with E-state index in [1.807, 2.05) is 0 Å². The molecule has 0 aromatic rings. The van der Waals surface area contributed by atoms with E-state index in [1.165, 1.54) is 7.11 Å². The molecule has 0 aliphatic heterocycles. The minimum atomic E-state index is -0.149. The molecule has 0 N–H and O–H groups in total. The van der Waals surface area contributed by atoms with Crippen LogP contribution in [-0.2, 0) is 9.53 Å². The second-order valence-electron chi connectivity index (χ2n) is 2.31. The van der Waals surface area contributed by atoms with Gasteiger partial charge in [-0.2, -0.15) is 0 Å². The molecular formula is C9H13O2. The zero-order valence-corrected chi connectivity index (χ0v) is 6.85. The molecule has 0 unspecified atom stereocenters. The third-order valence-electron chi connectivity index (χ3n) is 1.41. The Bertz CT molecular complexity index is 144. The van der Waals surface area contributed by atoms with Gasteiger partial charge in [-0.1, -0.05) is 12.3 Å². The van der Waals surface area contributed by atoms with Crippen LogP contribution in [0.3, 0.4) is 0 Å². The summed E-state index contributed by atoms with van der Waals surface area (Å²) in [5.41, 5.74) is 0. The molecule has 0 aliphatic carbocycles. The molecule has 2 heteroatoms. The van der Waals surface area contributed by atoms with E-state index in [2.05, 4.69) is 10.7 Å². The van der Waals surface area contributed by atoms with Crippen molar-refractivity contribution < 1.29 is 9.53 Å². The second-order valence-corrected chi connectivity index (χ2v) is 2.31. The Balaban J connectivity index is 3.03. The van der Waals surface area contributed by atoms with E-state index in [0.717, 1.165) is 19.3 Å². The molecule has 0 spiro atoms. The van der Waals surface area contributed by atoms with Crippen molar-refractivity contribution in [2.24, 2.45) is 0 Å². The van der Waals surface area contributed by atoms with Crippen LogP contribution in [-0.4, -0.2) is 13.1 Å². The van der Waals surface area contributed by atoms with Gasteiger partial charge in [0.05, 0.1) is 7.11 Å². The monoisotopic (exact) mass is 153 g/mol. The lowest BCUT2D eigenvalue weighted by Gasteiger charge is -1.97. The molecule has 0 bridgehead atoms. The minimum Gasteiger partial charge on any atom is -0.469 e. The van der Waals surface area contributed by atoms with Crippen molar-refractivity contribution in [3.8, 4) is 5.92 Å². The van der Waals surface area contributed by atoms with Gasteiger partial charge in [0.1, 0.15) is 0 Å². The van der Waals surface area contributed by atoms with Gasteiger partial charge < -0.3 is 4.74 Å². The summed E-state index contributed by atoms with van der Waals surface area (Å²) in [6.07, 6.45) is 10.6. The van der Waals surface area contributed by atoms with Gasteiger partial charge in [0.15, 0.2) is 0 Å². The normalized spacial score (nSPS) is 8.73. The Morgan fingerprint density at radius 2 is 2.18 bits per heavy atom. The summed E-state index contributed by atoms with van der Waals surface area (Å²) in [4.78, 5) is 10.6. The first-order chi connectivity index (χ1) is 5.31. The number of methoxy groups -OCH3 is 1. The second kappa shape index (κ2) is 7.14. The first kappa shape index (κ1) is 10.0. The topological polar surface area (TPSA) is 26.3 Å². The average molecular weight is 153 g/mol. The smallest absolute Gasteiger partial charge is 0.305 e. The Kier molecular flexibility index (Phi) is 6.51. The highest BCUT2D eigenvalue weighted by molar-refractivity contribution is 5.68. The van der Waals surface area contributed by atoms with Gasteiger partial charge in [0.2, 0.25) is 0 Å². The van der Waals surface area contributed by atoms with Crippen LogP contribution >= 0.6 is 0 Å². The van der Waals surface area contributed by atoms with E-state index in [0.29, 0.717) is 12.8 Å². The third-order valence-corrected chi connectivity index (χ3v) is 1.41. The lowest BCUT2D eigenvalue weighted by Crippen LogP contribution is -1.98. The van der Waals surface area contributed by atoms with E-state index in [-0.39, 0.29) is 5.97 Å². The van der Waals surface area contributed by atoms with E-state index >= 15 is 0 Å². The van der Waals surface area contributed by atoms with Gasteiger partial charge in [0.25, 0.3) is 0 Å². The van der Waals surface area contributed by atoms with E-state index < -0.39 is 0 Å². The molecule has 61 valence electrons. The summed E-state index contributed by atoms with van der Waals surface area (Å²) < 4.78 is 4.47. The molecule has 0 heterocycles. The molecule has 1 radical (unpaired) electrons. The maximum Gasteiger partial charge on any atom is 0.305 e. The predicted molar refractivity (Wildman–Crippen MR) is 42.2 cm³/mol. The number of carbonyl (C=O) groups is 1. The standard InChI is InChI=1S/C9H13O2/c1-3-4-5-6-7-8-9(10)11-2/h4-8H2,2H3. The quantitative estimate of drug-likeness (QED) is 0.341. The van der Waals surface area contributed by atoms with Gasteiger partial charge in [-0.3, -0.25) is 4.79 Å². The zero-order valence-electron chi connectivity index (χ0n) is 6.85. The van der Waals surface area contributed by atoms with Crippen LogP contribution in [0.25, 0.3) is 0 Å². The van der Waals surface area contributed by atoms with Gasteiger partial charge in [-0.15, -0.1) is 0 Å². The van der Waals surface area contributed by atoms with Crippen molar-refractivity contribution in [2.75, 3.05) is 7.11 Å². The van der Waals surface area contributed by atoms with Crippen molar-refractivity contribution >= 4 is 5.97 Å². The van der Waals surface area contributed by atoms with Crippen molar-refractivity contribution in [1.82, 2.24) is 0 Å². The number of unbranched alkanes of at least 4 members (excludes halogenated alkanes) is 3. The van der Waals surface area contributed by atoms with E-state index in [9.17, 15) is 4.79 Å². The molecule has 0 atom stereocenters. The van der Waals surface area contributed by atoms with E-state index in [1.54, 1.807) is 0 Å². The predicted octanol–water partition coefficient (Wildman–Crippen LogP) is 1.70. The molecule has 0 rings (SSSR count). The molecule has 0 aromatic carbocycles. The fourth-order valence-electron chi connectivity index (χ4n) is 0.762. The summed E-state index contributed by atoms with van der Waals surface area (Å²) in [6, 6.07) is 0. The first-order valence-corrected chi connectivity index (χ1v) is 3.77. The number of rotatable bonds is 5. The number of ether oxygens (including phenoxy) is 1. The van der Waals surface area contributed by atoms with Gasteiger partial charge in [-0.05, 0) is 19.3 Å². The number of hydrogen-bond donors (Lipinski definition) is 0. The molecule has 0 fully saturated rings. The highest BCUT2D eigenvalue weighted by Gasteiger charge is 1.97. The van der Waals surface area contributed by atoms with Crippen molar-refractivity contribution in [2.45, 2.75) is 32.1 Å². The molecular weight excluding hydrogens is 140 g/mol. The van der Waals surface area contributed by atoms with Crippen LogP contribution in [0.4, 0.5) is 0 Å². The molecule has 2 nitrogen and oxygen atoms in total. The van der Waals surface area contributed by atoms with Crippen LogP contribution in [0.15, 0.2) is 0 Å². The van der Waals surface area contributed by atoms with Crippen molar-refractivity contribution in [1.29, 1.82) is 0 Å². The van der Waals surface area contributed by atoms with Crippen LogP contribution in [0.5, 0.6) is 0 Å². The minimum absolute atomic E-state index is 0.149. The van der Waals surface area contributed by atoms with Gasteiger partial charge >= 0.3 is 5.97 Å². The van der Waals surface area contributed by atoms with Crippen molar-refractivity contribution in [3.05, 3.63) is 6.42 Å². The fourth-order valence-corrected chi connectivity index (χ4v) is 0.762. The third kappa shape index (κ3) is 6.92. The highest BCUT2D eigenvalue weighted by Crippen LogP contribution is 2.02. The summed E-state index contributed by atoms with van der Waals surface area (Å²) in [7, 11) is 1.40. The van der Waals surface area contributed by atoms with Crippen LogP contribution in [0, 0.1) is 12.3 Å². The average Bonchev–Trinajstić information content (AvgIpc) is 2.04. The van der Waals surface area contributed by atoms with Crippen LogP contribution in [0.2, 0.25) is 0 Å².